The van der Waals surface area contributed by atoms with Gasteiger partial charge in [-0.15, -0.1) is 11.3 Å². The first-order chi connectivity index (χ1) is 9.78. The molecular weight excluding hydrogens is 266 g/mol. The lowest BCUT2D eigenvalue weighted by Gasteiger charge is -2.06. The van der Waals surface area contributed by atoms with E-state index >= 15 is 0 Å². The Morgan fingerprint density at radius 3 is 3.05 bits per heavy atom. The maximum absolute atomic E-state index is 4.76. The average molecular weight is 287 g/mol. The van der Waals surface area contributed by atoms with Crippen molar-refractivity contribution in [1.82, 2.24) is 9.97 Å². The van der Waals surface area contributed by atoms with E-state index in [0.29, 0.717) is 0 Å². The first kappa shape index (κ1) is 13.6. The van der Waals surface area contributed by atoms with Gasteiger partial charge in [0.25, 0.3) is 0 Å². The predicted octanol–water partition coefficient (Wildman–Crippen LogP) is 4.21. The van der Waals surface area contributed by atoms with Crippen LogP contribution in [0.15, 0.2) is 11.4 Å². The van der Waals surface area contributed by atoms with E-state index in [-0.39, 0.29) is 0 Å². The van der Waals surface area contributed by atoms with Gasteiger partial charge in [-0.25, -0.2) is 4.98 Å². The molecule has 0 fully saturated rings. The van der Waals surface area contributed by atoms with Gasteiger partial charge < -0.3 is 5.32 Å². The molecule has 1 aliphatic carbocycles. The Hall–Kier alpha value is -1.42. The molecule has 3 rings (SSSR count). The van der Waals surface area contributed by atoms with Gasteiger partial charge in [0.2, 0.25) is 0 Å². The summed E-state index contributed by atoms with van der Waals surface area (Å²) in [6.45, 7) is 5.30. The van der Waals surface area contributed by atoms with Gasteiger partial charge in [0, 0.05) is 28.9 Å². The van der Waals surface area contributed by atoms with Crippen LogP contribution in [0.1, 0.15) is 43.1 Å². The quantitative estimate of drug-likeness (QED) is 0.837. The summed E-state index contributed by atoms with van der Waals surface area (Å²) in [5, 5.41) is 6.55. The highest BCUT2D eigenvalue weighted by Gasteiger charge is 2.16. The van der Waals surface area contributed by atoms with Crippen LogP contribution in [-0.2, 0) is 12.8 Å². The highest BCUT2D eigenvalue weighted by Crippen LogP contribution is 2.31. The maximum Gasteiger partial charge on any atom is 0.183 e. The maximum atomic E-state index is 4.76. The van der Waals surface area contributed by atoms with Crippen LogP contribution in [0.25, 0.3) is 11.3 Å². The van der Waals surface area contributed by atoms with E-state index in [4.69, 9.17) is 9.97 Å². The Balaban J connectivity index is 1.82. The zero-order valence-electron chi connectivity index (χ0n) is 12.2. The van der Waals surface area contributed by atoms with Crippen molar-refractivity contribution in [2.45, 2.75) is 46.0 Å². The molecule has 1 N–H and O–H groups in total. The summed E-state index contributed by atoms with van der Waals surface area (Å²) in [5.41, 5.74) is 6.08. The summed E-state index contributed by atoms with van der Waals surface area (Å²) in [4.78, 5) is 9.46. The van der Waals surface area contributed by atoms with Crippen molar-refractivity contribution < 1.29 is 0 Å². The number of aromatic nitrogens is 2. The van der Waals surface area contributed by atoms with Gasteiger partial charge in [-0.3, -0.25) is 4.98 Å². The number of unbranched alkanes of at least 4 members (excludes halogenated alkanes) is 1. The molecule has 0 radical (unpaired) electrons. The SMILES string of the molecule is CCCCNc1nc(-c2cc3c(nc2C)CCC3)cs1. The number of nitrogens with zero attached hydrogens (tertiary/aromatic N) is 2. The minimum atomic E-state index is 1.00. The van der Waals surface area contributed by atoms with Crippen LogP contribution in [0.3, 0.4) is 0 Å². The summed E-state index contributed by atoms with van der Waals surface area (Å²) in [6.07, 6.45) is 5.94. The molecule has 2 aromatic heterocycles. The fourth-order valence-corrected chi connectivity index (χ4v) is 3.43. The molecule has 0 atom stereocenters. The smallest absolute Gasteiger partial charge is 0.183 e. The molecule has 0 spiro atoms. The number of nitrogens with one attached hydrogen (secondary N) is 1. The molecule has 20 heavy (non-hydrogen) atoms. The Morgan fingerprint density at radius 1 is 1.30 bits per heavy atom. The summed E-state index contributed by atoms with van der Waals surface area (Å²) in [5.74, 6) is 0. The third kappa shape index (κ3) is 2.70. The summed E-state index contributed by atoms with van der Waals surface area (Å²) in [7, 11) is 0. The van der Waals surface area contributed by atoms with E-state index in [1.807, 2.05) is 0 Å². The number of fused-ring (bicyclic) bond motifs is 1. The lowest BCUT2D eigenvalue weighted by atomic mass is 10.1. The highest BCUT2D eigenvalue weighted by atomic mass is 32.1. The molecular formula is C16H21N3S. The second-order valence-corrected chi connectivity index (χ2v) is 6.26. The summed E-state index contributed by atoms with van der Waals surface area (Å²) >= 11 is 1.69. The van der Waals surface area contributed by atoms with Crippen molar-refractivity contribution in [3.05, 3.63) is 28.4 Å². The number of aryl methyl sites for hydroxylation is 3. The topological polar surface area (TPSA) is 37.8 Å². The molecule has 0 amide bonds. The van der Waals surface area contributed by atoms with E-state index < -0.39 is 0 Å². The van der Waals surface area contributed by atoms with Crippen molar-refractivity contribution in [1.29, 1.82) is 0 Å². The van der Waals surface area contributed by atoms with Crippen LogP contribution in [0.4, 0.5) is 5.13 Å². The van der Waals surface area contributed by atoms with Gasteiger partial charge in [-0.1, -0.05) is 13.3 Å². The van der Waals surface area contributed by atoms with Crippen LogP contribution >= 0.6 is 11.3 Å². The monoisotopic (exact) mass is 287 g/mol. The Labute approximate surface area is 124 Å². The number of hydrogen-bond donors (Lipinski definition) is 1. The highest BCUT2D eigenvalue weighted by molar-refractivity contribution is 7.14. The minimum Gasteiger partial charge on any atom is -0.362 e. The molecule has 0 aliphatic heterocycles. The molecule has 0 unspecified atom stereocenters. The van der Waals surface area contributed by atoms with Gasteiger partial charge >= 0.3 is 0 Å². The molecule has 0 saturated carbocycles. The number of pyridine rings is 1. The zero-order valence-corrected chi connectivity index (χ0v) is 13.0. The standard InChI is InChI=1S/C16H21N3S/c1-3-4-8-17-16-19-15(10-20-16)13-9-12-6-5-7-14(12)18-11(13)2/h9-10H,3-8H2,1-2H3,(H,17,19). The molecule has 1 aliphatic rings. The van der Waals surface area contributed by atoms with Crippen molar-refractivity contribution in [2.75, 3.05) is 11.9 Å². The number of rotatable bonds is 5. The van der Waals surface area contributed by atoms with Crippen LogP contribution in [0.5, 0.6) is 0 Å². The van der Waals surface area contributed by atoms with E-state index in [1.54, 1.807) is 11.3 Å². The van der Waals surface area contributed by atoms with Crippen LogP contribution < -0.4 is 5.32 Å². The largest absolute Gasteiger partial charge is 0.362 e. The van der Waals surface area contributed by atoms with Crippen molar-refractivity contribution in [2.24, 2.45) is 0 Å². The van der Waals surface area contributed by atoms with Crippen LogP contribution in [0.2, 0.25) is 0 Å². The van der Waals surface area contributed by atoms with Crippen molar-refractivity contribution in [3.63, 3.8) is 0 Å². The van der Waals surface area contributed by atoms with E-state index in [1.165, 1.54) is 42.5 Å². The Bertz CT molecular complexity index is 604. The van der Waals surface area contributed by atoms with Crippen molar-refractivity contribution in [3.8, 4) is 11.3 Å². The van der Waals surface area contributed by atoms with Gasteiger partial charge in [0.15, 0.2) is 5.13 Å². The molecule has 3 nitrogen and oxygen atoms in total. The Morgan fingerprint density at radius 2 is 2.20 bits per heavy atom. The second kappa shape index (κ2) is 5.92. The lowest BCUT2D eigenvalue weighted by Crippen LogP contribution is -2.00. The van der Waals surface area contributed by atoms with E-state index in [0.717, 1.165) is 29.5 Å². The van der Waals surface area contributed by atoms with E-state index in [9.17, 15) is 0 Å². The summed E-state index contributed by atoms with van der Waals surface area (Å²) < 4.78 is 0. The van der Waals surface area contributed by atoms with Crippen LogP contribution in [0, 0.1) is 6.92 Å². The zero-order chi connectivity index (χ0) is 13.9. The third-order valence-corrected chi connectivity index (χ3v) is 4.63. The molecule has 0 aromatic carbocycles. The number of anilines is 1. The van der Waals surface area contributed by atoms with Gasteiger partial charge in [0.1, 0.15) is 0 Å². The lowest BCUT2D eigenvalue weighted by molar-refractivity contribution is 0.833. The average Bonchev–Trinajstić information content (AvgIpc) is 3.06. The first-order valence-electron chi connectivity index (χ1n) is 7.47. The van der Waals surface area contributed by atoms with Gasteiger partial charge in [-0.05, 0) is 44.2 Å². The number of hydrogen-bond acceptors (Lipinski definition) is 4. The van der Waals surface area contributed by atoms with Crippen LogP contribution in [-0.4, -0.2) is 16.5 Å². The minimum absolute atomic E-state index is 1.00. The second-order valence-electron chi connectivity index (χ2n) is 5.40. The Kier molecular flexibility index (Phi) is 4.01. The van der Waals surface area contributed by atoms with Gasteiger partial charge in [0.05, 0.1) is 5.69 Å². The van der Waals surface area contributed by atoms with E-state index in [2.05, 4.69) is 30.6 Å². The molecule has 0 bridgehead atoms. The third-order valence-electron chi connectivity index (χ3n) is 3.83. The fraction of sp³-hybridized carbons (Fsp3) is 0.500. The normalized spacial score (nSPS) is 13.5. The van der Waals surface area contributed by atoms with Gasteiger partial charge in [-0.2, -0.15) is 0 Å². The van der Waals surface area contributed by atoms with Crippen molar-refractivity contribution >= 4 is 16.5 Å². The predicted molar refractivity (Wildman–Crippen MR) is 85.5 cm³/mol. The molecule has 2 aromatic rings. The first-order valence-corrected chi connectivity index (χ1v) is 8.35. The molecule has 2 heterocycles. The molecule has 106 valence electrons. The number of thiazole rings is 1. The fourth-order valence-electron chi connectivity index (χ4n) is 2.69. The summed E-state index contributed by atoms with van der Waals surface area (Å²) in [6, 6.07) is 2.30. The molecule has 0 saturated heterocycles. The molecule has 4 heteroatoms.